The van der Waals surface area contributed by atoms with E-state index in [4.69, 9.17) is 0 Å². The fourth-order valence-corrected chi connectivity index (χ4v) is 5.79. The molecule has 1 fully saturated rings. The maximum Gasteiger partial charge on any atom is 0.307 e. The van der Waals surface area contributed by atoms with Crippen LogP contribution in [0.4, 0.5) is 0 Å². The van der Waals surface area contributed by atoms with Crippen molar-refractivity contribution in [2.24, 2.45) is 11.8 Å². The fraction of sp³-hybridized carbons (Fsp3) is 0.565. The average Bonchev–Trinajstić information content (AvgIpc) is 2.74. The summed E-state index contributed by atoms with van der Waals surface area (Å²) >= 11 is 0. The third-order valence-corrected chi connectivity index (χ3v) is 8.55. The van der Waals surface area contributed by atoms with Gasteiger partial charge in [0.25, 0.3) is 0 Å². The molecule has 0 spiro atoms. The van der Waals surface area contributed by atoms with Crippen molar-refractivity contribution in [3.05, 3.63) is 41.0 Å². The summed E-state index contributed by atoms with van der Waals surface area (Å²) < 4.78 is 27.4. The molecule has 1 aromatic rings. The van der Waals surface area contributed by atoms with Crippen LogP contribution < -0.4 is 0 Å². The zero-order valence-electron chi connectivity index (χ0n) is 18.7. The second-order valence-electron chi connectivity index (χ2n) is 8.97. The molecule has 0 aromatic heterocycles. The number of carbonyl (C=O) groups excluding carboxylic acids is 1. The van der Waals surface area contributed by atoms with Crippen LogP contribution in [0.1, 0.15) is 52.0 Å². The number of hydrogen-bond donors (Lipinski definition) is 1. The lowest BCUT2D eigenvalue weighted by Crippen LogP contribution is -2.53. The van der Waals surface area contributed by atoms with Gasteiger partial charge in [-0.15, -0.1) is 0 Å². The Morgan fingerprint density at radius 2 is 1.45 bits per heavy atom. The lowest BCUT2D eigenvalue weighted by Gasteiger charge is -2.38. The highest BCUT2D eigenvalue weighted by atomic mass is 32.2. The first-order chi connectivity index (χ1) is 14.5. The van der Waals surface area contributed by atoms with Crippen LogP contribution in [-0.2, 0) is 19.6 Å². The highest BCUT2D eigenvalue weighted by molar-refractivity contribution is 7.89. The summed E-state index contributed by atoms with van der Waals surface area (Å²) in [5.74, 6) is -2.12. The Kier molecular flexibility index (Phi) is 6.91. The first-order valence-electron chi connectivity index (χ1n) is 10.8. The number of piperazine rings is 1. The van der Waals surface area contributed by atoms with E-state index in [-0.39, 0.29) is 37.0 Å². The Balaban J connectivity index is 1.68. The predicted octanol–water partition coefficient (Wildman–Crippen LogP) is 3.09. The second-order valence-corrected chi connectivity index (χ2v) is 10.9. The van der Waals surface area contributed by atoms with Crippen molar-refractivity contribution in [2.75, 3.05) is 26.2 Å². The smallest absolute Gasteiger partial charge is 0.307 e. The predicted molar refractivity (Wildman–Crippen MR) is 118 cm³/mol. The molecule has 8 heteroatoms. The molecule has 7 nitrogen and oxygen atoms in total. The molecule has 1 aromatic carbocycles. The Labute approximate surface area is 184 Å². The quantitative estimate of drug-likeness (QED) is 0.699. The van der Waals surface area contributed by atoms with Gasteiger partial charge in [-0.05, 0) is 50.3 Å². The van der Waals surface area contributed by atoms with Crippen molar-refractivity contribution < 1.29 is 23.1 Å². The van der Waals surface area contributed by atoms with Gasteiger partial charge >= 0.3 is 5.97 Å². The number of carboxylic acid groups (broad SMARTS) is 1. The zero-order chi connectivity index (χ0) is 22.9. The van der Waals surface area contributed by atoms with Gasteiger partial charge in [0, 0.05) is 26.2 Å². The Bertz CT molecular complexity index is 974. The summed E-state index contributed by atoms with van der Waals surface area (Å²) in [4.78, 5) is 26.7. The summed E-state index contributed by atoms with van der Waals surface area (Å²) in [6.07, 6.45) is 0.834. The number of carboxylic acids is 1. The number of aliphatic carboxylic acids is 1. The molecule has 0 saturated carbocycles. The molecule has 170 valence electrons. The maximum atomic E-state index is 13.1. The largest absolute Gasteiger partial charge is 0.481 e. The number of amides is 1. The standard InChI is InChI=1S/C23H32N2O5S/c1-15(2)18-5-7-19(8-6-18)31(29,30)25-11-9-24(10-12-25)22(26)20-13-16(3)17(4)14-21(20)23(27)28/h5-8,15,20-21H,9-14H2,1-4H3,(H,27,28)/t20-,21-/m1/s1. The van der Waals surface area contributed by atoms with Crippen molar-refractivity contribution in [3.8, 4) is 0 Å². The number of rotatable bonds is 5. The Morgan fingerprint density at radius 3 is 1.94 bits per heavy atom. The van der Waals surface area contributed by atoms with Crippen LogP contribution >= 0.6 is 0 Å². The van der Waals surface area contributed by atoms with Gasteiger partial charge in [-0.25, -0.2) is 8.42 Å². The van der Waals surface area contributed by atoms with E-state index in [0.717, 1.165) is 16.7 Å². The second kappa shape index (κ2) is 9.12. The number of allylic oxidation sites excluding steroid dienone is 2. The van der Waals surface area contributed by atoms with Crippen LogP contribution in [0.25, 0.3) is 0 Å². The Hall–Kier alpha value is -2.19. The highest BCUT2D eigenvalue weighted by Crippen LogP contribution is 2.35. The van der Waals surface area contributed by atoms with Gasteiger partial charge in [-0.3, -0.25) is 9.59 Å². The van der Waals surface area contributed by atoms with Gasteiger partial charge < -0.3 is 10.0 Å². The molecular weight excluding hydrogens is 416 g/mol. The van der Waals surface area contributed by atoms with Gasteiger partial charge in [-0.2, -0.15) is 4.31 Å². The fourth-order valence-electron chi connectivity index (χ4n) is 4.37. The summed E-state index contributed by atoms with van der Waals surface area (Å²) in [5, 5.41) is 9.61. The van der Waals surface area contributed by atoms with Crippen LogP contribution in [0, 0.1) is 11.8 Å². The van der Waals surface area contributed by atoms with Gasteiger partial charge in [0.15, 0.2) is 0 Å². The molecule has 1 heterocycles. The summed E-state index contributed by atoms with van der Waals surface area (Å²) in [7, 11) is -3.62. The lowest BCUT2D eigenvalue weighted by molar-refractivity contribution is -0.151. The van der Waals surface area contributed by atoms with Crippen molar-refractivity contribution in [2.45, 2.75) is 51.3 Å². The molecule has 1 aliphatic carbocycles. The topological polar surface area (TPSA) is 95.0 Å². The van der Waals surface area contributed by atoms with Crippen LogP contribution in [0.5, 0.6) is 0 Å². The van der Waals surface area contributed by atoms with Crippen LogP contribution in [0.2, 0.25) is 0 Å². The van der Waals surface area contributed by atoms with E-state index < -0.39 is 27.8 Å². The minimum atomic E-state index is -3.62. The summed E-state index contributed by atoms with van der Waals surface area (Å²) in [5.41, 5.74) is 3.19. The molecule has 1 N–H and O–H groups in total. The third kappa shape index (κ3) is 4.85. The lowest BCUT2D eigenvalue weighted by atomic mass is 9.76. The van der Waals surface area contributed by atoms with E-state index >= 15 is 0 Å². The Morgan fingerprint density at radius 1 is 0.935 bits per heavy atom. The van der Waals surface area contributed by atoms with E-state index in [1.54, 1.807) is 17.0 Å². The van der Waals surface area contributed by atoms with Crippen molar-refractivity contribution in [1.82, 2.24) is 9.21 Å². The van der Waals surface area contributed by atoms with Crippen LogP contribution in [0.3, 0.4) is 0 Å². The van der Waals surface area contributed by atoms with E-state index in [2.05, 4.69) is 13.8 Å². The third-order valence-electron chi connectivity index (χ3n) is 6.64. The number of carbonyl (C=O) groups is 2. The first kappa shape index (κ1) is 23.5. The van der Waals surface area contributed by atoms with Crippen LogP contribution in [-0.4, -0.2) is 60.8 Å². The molecule has 1 saturated heterocycles. The minimum Gasteiger partial charge on any atom is -0.481 e. The molecule has 3 rings (SSSR count). The van der Waals surface area contributed by atoms with Gasteiger partial charge in [0.1, 0.15) is 0 Å². The first-order valence-corrected chi connectivity index (χ1v) is 12.2. The zero-order valence-corrected chi connectivity index (χ0v) is 19.5. The highest BCUT2D eigenvalue weighted by Gasteiger charge is 2.40. The van der Waals surface area contributed by atoms with Gasteiger partial charge in [0.2, 0.25) is 15.9 Å². The summed E-state index contributed by atoms with van der Waals surface area (Å²) in [6, 6.07) is 6.95. The minimum absolute atomic E-state index is 0.183. The molecule has 0 radical (unpaired) electrons. The van der Waals surface area contributed by atoms with Crippen molar-refractivity contribution >= 4 is 21.9 Å². The van der Waals surface area contributed by atoms with Gasteiger partial charge in [-0.1, -0.05) is 37.1 Å². The molecule has 0 bridgehead atoms. The molecule has 0 unspecified atom stereocenters. The number of hydrogen-bond acceptors (Lipinski definition) is 4. The van der Waals surface area contributed by atoms with E-state index in [1.165, 1.54) is 4.31 Å². The number of benzene rings is 1. The molecule has 1 amide bonds. The molecule has 1 aliphatic heterocycles. The SMILES string of the molecule is CC1=C(C)C[C@@H](C(=O)N2CCN(S(=O)(=O)c3ccc(C(C)C)cc3)CC2)[C@H](C(=O)O)C1. The molecular formula is C23H32N2O5S. The van der Waals surface area contributed by atoms with Gasteiger partial charge in [0.05, 0.1) is 16.7 Å². The van der Waals surface area contributed by atoms with E-state index in [1.807, 2.05) is 26.0 Å². The number of nitrogens with zero attached hydrogens (tertiary/aromatic N) is 2. The molecule has 2 atom stereocenters. The van der Waals surface area contributed by atoms with Crippen molar-refractivity contribution in [3.63, 3.8) is 0 Å². The molecule has 31 heavy (non-hydrogen) atoms. The van der Waals surface area contributed by atoms with Crippen molar-refractivity contribution in [1.29, 1.82) is 0 Å². The van der Waals surface area contributed by atoms with E-state index in [9.17, 15) is 23.1 Å². The normalized spacial score (nSPS) is 23.3. The molecule has 2 aliphatic rings. The number of sulfonamides is 1. The van der Waals surface area contributed by atoms with E-state index in [0.29, 0.717) is 18.8 Å². The monoisotopic (exact) mass is 448 g/mol. The summed E-state index contributed by atoms with van der Waals surface area (Å²) in [6.45, 7) is 8.93. The average molecular weight is 449 g/mol. The maximum absolute atomic E-state index is 13.1. The van der Waals surface area contributed by atoms with Crippen LogP contribution in [0.15, 0.2) is 40.3 Å².